The van der Waals surface area contributed by atoms with Gasteiger partial charge in [-0.1, -0.05) is 18.2 Å². The van der Waals surface area contributed by atoms with E-state index in [0.29, 0.717) is 12.1 Å². The van der Waals surface area contributed by atoms with Crippen molar-refractivity contribution in [3.63, 3.8) is 0 Å². The van der Waals surface area contributed by atoms with Crippen molar-refractivity contribution in [3.05, 3.63) is 84.1 Å². The minimum absolute atomic E-state index is 0.0178. The molecular formula is C19H17N3O2. The third kappa shape index (κ3) is 2.34. The molecular weight excluding hydrogens is 302 g/mol. The molecule has 0 saturated carbocycles. The van der Waals surface area contributed by atoms with Crippen molar-refractivity contribution in [1.29, 1.82) is 0 Å². The number of benzene rings is 1. The predicted octanol–water partition coefficient (Wildman–Crippen LogP) is 3.47. The van der Waals surface area contributed by atoms with Gasteiger partial charge in [0.15, 0.2) is 0 Å². The molecule has 0 saturated heterocycles. The van der Waals surface area contributed by atoms with Crippen LogP contribution < -0.4 is 4.90 Å². The Morgan fingerprint density at radius 1 is 1.08 bits per heavy atom. The van der Waals surface area contributed by atoms with Gasteiger partial charge in [-0.25, -0.2) is 0 Å². The van der Waals surface area contributed by atoms with Crippen molar-refractivity contribution in [2.75, 3.05) is 11.9 Å². The standard InChI is InChI=1S/C19H17N3O2/c1-21-17-10-3-2-8-15(17)19(23)22(13-14-7-6-12-24-14)18(21)16-9-4-5-11-20-16/h2-12,18H,13H2,1H3/t18-/m1/s1. The highest BCUT2D eigenvalue weighted by molar-refractivity contribution is 6.01. The number of rotatable bonds is 3. The smallest absolute Gasteiger partial charge is 0.258 e. The van der Waals surface area contributed by atoms with Crippen LogP contribution in [0, 0.1) is 0 Å². The number of carbonyl (C=O) groups excluding carboxylic acids is 1. The second-order valence-corrected chi connectivity index (χ2v) is 5.77. The highest BCUT2D eigenvalue weighted by atomic mass is 16.3. The minimum atomic E-state index is -0.279. The van der Waals surface area contributed by atoms with Crippen LogP contribution in [-0.4, -0.2) is 22.8 Å². The van der Waals surface area contributed by atoms with Crippen molar-refractivity contribution in [1.82, 2.24) is 9.88 Å². The van der Waals surface area contributed by atoms with Gasteiger partial charge in [0.1, 0.15) is 11.9 Å². The van der Waals surface area contributed by atoms with Gasteiger partial charge >= 0.3 is 0 Å². The predicted molar refractivity (Wildman–Crippen MR) is 90.4 cm³/mol. The van der Waals surface area contributed by atoms with Crippen molar-refractivity contribution >= 4 is 11.6 Å². The molecule has 5 nitrogen and oxygen atoms in total. The van der Waals surface area contributed by atoms with E-state index in [1.165, 1.54) is 0 Å². The second-order valence-electron chi connectivity index (χ2n) is 5.77. The molecule has 0 N–H and O–H groups in total. The van der Waals surface area contributed by atoms with Crippen molar-refractivity contribution in [2.45, 2.75) is 12.7 Å². The van der Waals surface area contributed by atoms with Crippen molar-refractivity contribution < 1.29 is 9.21 Å². The fourth-order valence-electron chi connectivity index (χ4n) is 3.18. The fourth-order valence-corrected chi connectivity index (χ4v) is 3.18. The number of pyridine rings is 1. The zero-order chi connectivity index (χ0) is 16.5. The normalized spacial score (nSPS) is 17.0. The topological polar surface area (TPSA) is 49.6 Å². The number of nitrogens with zero attached hydrogens (tertiary/aromatic N) is 3. The Kier molecular flexibility index (Phi) is 3.54. The number of aromatic nitrogens is 1. The Morgan fingerprint density at radius 3 is 2.67 bits per heavy atom. The molecule has 0 aliphatic carbocycles. The molecule has 0 bridgehead atoms. The quantitative estimate of drug-likeness (QED) is 0.742. The van der Waals surface area contributed by atoms with Gasteiger partial charge < -0.3 is 14.2 Å². The maximum Gasteiger partial charge on any atom is 0.258 e. The molecule has 1 atom stereocenters. The van der Waals surface area contributed by atoms with Crippen LogP contribution in [0.25, 0.3) is 0 Å². The van der Waals surface area contributed by atoms with E-state index in [-0.39, 0.29) is 12.1 Å². The van der Waals surface area contributed by atoms with E-state index in [9.17, 15) is 4.79 Å². The average Bonchev–Trinajstić information content (AvgIpc) is 3.14. The lowest BCUT2D eigenvalue weighted by atomic mass is 10.0. The summed E-state index contributed by atoms with van der Waals surface area (Å²) in [6, 6.07) is 17.1. The maximum atomic E-state index is 13.1. The minimum Gasteiger partial charge on any atom is -0.467 e. The molecule has 120 valence electrons. The van der Waals surface area contributed by atoms with E-state index in [0.717, 1.165) is 17.1 Å². The SMILES string of the molecule is CN1c2ccccc2C(=O)N(Cc2ccco2)[C@@H]1c1ccccn1. The number of hydrogen-bond acceptors (Lipinski definition) is 4. The summed E-state index contributed by atoms with van der Waals surface area (Å²) in [5.74, 6) is 0.729. The summed E-state index contributed by atoms with van der Waals surface area (Å²) in [5.41, 5.74) is 2.43. The third-order valence-electron chi connectivity index (χ3n) is 4.30. The van der Waals surface area contributed by atoms with E-state index < -0.39 is 0 Å². The van der Waals surface area contributed by atoms with Gasteiger partial charge in [-0.3, -0.25) is 9.78 Å². The first-order chi connectivity index (χ1) is 11.8. The van der Waals surface area contributed by atoms with Crippen LogP contribution in [0.4, 0.5) is 5.69 Å². The van der Waals surface area contributed by atoms with Gasteiger partial charge in [-0.05, 0) is 36.4 Å². The van der Waals surface area contributed by atoms with Crippen molar-refractivity contribution in [2.24, 2.45) is 0 Å². The van der Waals surface area contributed by atoms with Crippen LogP contribution in [0.5, 0.6) is 0 Å². The number of para-hydroxylation sites is 1. The lowest BCUT2D eigenvalue weighted by Gasteiger charge is -2.43. The summed E-state index contributed by atoms with van der Waals surface area (Å²) >= 11 is 0. The summed E-state index contributed by atoms with van der Waals surface area (Å²) in [4.78, 5) is 21.5. The van der Waals surface area contributed by atoms with Crippen LogP contribution in [0.2, 0.25) is 0 Å². The maximum absolute atomic E-state index is 13.1. The number of furan rings is 1. The molecule has 24 heavy (non-hydrogen) atoms. The number of fused-ring (bicyclic) bond motifs is 1. The van der Waals surface area contributed by atoms with Gasteiger partial charge in [-0.2, -0.15) is 0 Å². The van der Waals surface area contributed by atoms with E-state index in [1.54, 1.807) is 17.4 Å². The Balaban J connectivity index is 1.82. The molecule has 0 fully saturated rings. The van der Waals surface area contributed by atoms with Crippen LogP contribution in [-0.2, 0) is 6.54 Å². The summed E-state index contributed by atoms with van der Waals surface area (Å²) in [5, 5.41) is 0. The van der Waals surface area contributed by atoms with Gasteiger partial charge in [0, 0.05) is 13.2 Å². The molecule has 0 radical (unpaired) electrons. The lowest BCUT2D eigenvalue weighted by molar-refractivity contribution is 0.0614. The Labute approximate surface area is 140 Å². The van der Waals surface area contributed by atoms with Gasteiger partial charge in [0.25, 0.3) is 5.91 Å². The molecule has 1 aliphatic rings. The van der Waals surface area contributed by atoms with E-state index in [2.05, 4.69) is 9.88 Å². The Bertz CT molecular complexity index is 846. The van der Waals surface area contributed by atoms with Crippen LogP contribution in [0.3, 0.4) is 0 Å². The Morgan fingerprint density at radius 2 is 1.92 bits per heavy atom. The molecule has 5 heteroatoms. The number of hydrogen-bond donors (Lipinski definition) is 0. The van der Waals surface area contributed by atoms with E-state index in [4.69, 9.17) is 4.42 Å². The molecule has 3 aromatic rings. The third-order valence-corrected chi connectivity index (χ3v) is 4.30. The molecule has 1 amide bonds. The monoisotopic (exact) mass is 319 g/mol. The van der Waals surface area contributed by atoms with Gasteiger partial charge in [0.05, 0.1) is 29.8 Å². The highest BCUT2D eigenvalue weighted by Crippen LogP contribution is 2.37. The van der Waals surface area contributed by atoms with Crippen LogP contribution in [0.15, 0.2) is 71.5 Å². The number of anilines is 1. The zero-order valence-electron chi connectivity index (χ0n) is 13.3. The van der Waals surface area contributed by atoms with E-state index in [1.807, 2.05) is 61.6 Å². The molecule has 0 unspecified atom stereocenters. The summed E-state index contributed by atoms with van der Waals surface area (Å²) in [6.45, 7) is 0.395. The summed E-state index contributed by atoms with van der Waals surface area (Å²) in [7, 11) is 1.99. The molecule has 1 aliphatic heterocycles. The fraction of sp³-hybridized carbons (Fsp3) is 0.158. The summed E-state index contributed by atoms with van der Waals surface area (Å²) < 4.78 is 5.46. The lowest BCUT2D eigenvalue weighted by Crippen LogP contribution is -2.47. The van der Waals surface area contributed by atoms with E-state index >= 15 is 0 Å². The molecule has 1 aromatic carbocycles. The second kappa shape index (κ2) is 5.85. The number of carbonyl (C=O) groups is 1. The first-order valence-electron chi connectivity index (χ1n) is 7.82. The highest BCUT2D eigenvalue weighted by Gasteiger charge is 2.37. The first-order valence-corrected chi connectivity index (χ1v) is 7.82. The molecule has 2 aromatic heterocycles. The molecule has 4 rings (SSSR count). The van der Waals surface area contributed by atoms with Crippen molar-refractivity contribution in [3.8, 4) is 0 Å². The average molecular weight is 319 g/mol. The number of amides is 1. The van der Waals surface area contributed by atoms with Gasteiger partial charge in [0.2, 0.25) is 0 Å². The Hall–Kier alpha value is -3.08. The molecule has 3 heterocycles. The van der Waals surface area contributed by atoms with Crippen LogP contribution in [0.1, 0.15) is 28.0 Å². The zero-order valence-corrected chi connectivity index (χ0v) is 13.3. The van der Waals surface area contributed by atoms with Crippen LogP contribution >= 0.6 is 0 Å². The summed E-state index contributed by atoms with van der Waals surface area (Å²) in [6.07, 6.45) is 3.09. The van der Waals surface area contributed by atoms with Gasteiger partial charge in [-0.15, -0.1) is 0 Å². The first kappa shape index (κ1) is 14.5. The largest absolute Gasteiger partial charge is 0.467 e. The molecule has 0 spiro atoms.